The normalized spacial score (nSPS) is 20.6. The number of nitrogens with zero attached hydrogens (tertiary/aromatic N) is 2. The highest BCUT2D eigenvalue weighted by atomic mass is 16.1. The molecule has 2 atom stereocenters. The van der Waals surface area contributed by atoms with Crippen LogP contribution in [0, 0.1) is 5.92 Å². The second kappa shape index (κ2) is 5.93. The summed E-state index contributed by atoms with van der Waals surface area (Å²) >= 11 is 0. The molecule has 0 bridgehead atoms. The Morgan fingerprint density at radius 3 is 2.90 bits per heavy atom. The van der Waals surface area contributed by atoms with Crippen molar-refractivity contribution in [2.45, 2.75) is 19.0 Å². The number of para-hydroxylation sites is 1. The average Bonchev–Trinajstić information content (AvgIpc) is 3.16. The van der Waals surface area contributed by atoms with Gasteiger partial charge in [-0.2, -0.15) is 5.10 Å². The van der Waals surface area contributed by atoms with Crippen LogP contribution >= 0.6 is 0 Å². The first kappa shape index (κ1) is 13.6. The van der Waals surface area contributed by atoms with Gasteiger partial charge in [0.25, 0.3) is 0 Å². The van der Waals surface area contributed by atoms with E-state index >= 15 is 0 Å². The first-order valence-corrected chi connectivity index (χ1v) is 7.03. The van der Waals surface area contributed by atoms with Gasteiger partial charge in [-0.1, -0.05) is 30.4 Å². The predicted molar refractivity (Wildman–Crippen MR) is 80.6 cm³/mol. The molecule has 2 aromatic rings. The van der Waals surface area contributed by atoms with Crippen molar-refractivity contribution in [1.82, 2.24) is 15.1 Å². The fraction of sp³-hybridized carbons (Fsp3) is 0.250. The quantitative estimate of drug-likeness (QED) is 0.832. The zero-order valence-electron chi connectivity index (χ0n) is 11.6. The Labute approximate surface area is 123 Å². The Hall–Kier alpha value is -2.40. The van der Waals surface area contributed by atoms with E-state index in [9.17, 15) is 4.79 Å². The van der Waals surface area contributed by atoms with E-state index in [1.54, 1.807) is 10.9 Å². The van der Waals surface area contributed by atoms with Gasteiger partial charge in [-0.3, -0.25) is 4.79 Å². The van der Waals surface area contributed by atoms with E-state index in [-0.39, 0.29) is 17.9 Å². The largest absolute Gasteiger partial charge is 0.351 e. The molecule has 1 heterocycles. The third-order valence-corrected chi connectivity index (χ3v) is 3.65. The van der Waals surface area contributed by atoms with Crippen molar-refractivity contribution in [3.63, 3.8) is 0 Å². The van der Waals surface area contributed by atoms with Crippen LogP contribution in [0.2, 0.25) is 0 Å². The van der Waals surface area contributed by atoms with Gasteiger partial charge in [0.15, 0.2) is 0 Å². The number of hydrogen-bond acceptors (Lipinski definition) is 3. The highest BCUT2D eigenvalue weighted by Crippen LogP contribution is 2.17. The topological polar surface area (TPSA) is 72.9 Å². The number of benzene rings is 1. The maximum atomic E-state index is 12.1. The Bertz CT molecular complexity index is 648. The van der Waals surface area contributed by atoms with Gasteiger partial charge in [-0.05, 0) is 24.1 Å². The van der Waals surface area contributed by atoms with Crippen LogP contribution in [0.15, 0.2) is 54.9 Å². The van der Waals surface area contributed by atoms with Crippen molar-refractivity contribution >= 4 is 5.91 Å². The third-order valence-electron chi connectivity index (χ3n) is 3.65. The van der Waals surface area contributed by atoms with Gasteiger partial charge < -0.3 is 11.1 Å². The van der Waals surface area contributed by atoms with E-state index in [0.29, 0.717) is 13.0 Å². The van der Waals surface area contributed by atoms with Crippen LogP contribution in [0.5, 0.6) is 0 Å². The molecule has 1 aliphatic carbocycles. The lowest BCUT2D eigenvalue weighted by atomic mass is 10.1. The van der Waals surface area contributed by atoms with Crippen molar-refractivity contribution in [3.8, 4) is 5.69 Å². The van der Waals surface area contributed by atoms with E-state index in [1.807, 2.05) is 48.7 Å². The van der Waals surface area contributed by atoms with E-state index < -0.39 is 0 Å². The van der Waals surface area contributed by atoms with Gasteiger partial charge in [0.05, 0.1) is 11.6 Å². The molecule has 0 fully saturated rings. The molecule has 21 heavy (non-hydrogen) atoms. The van der Waals surface area contributed by atoms with Gasteiger partial charge in [0.1, 0.15) is 0 Å². The number of aromatic nitrogens is 2. The van der Waals surface area contributed by atoms with Crippen molar-refractivity contribution < 1.29 is 4.79 Å². The van der Waals surface area contributed by atoms with Crippen molar-refractivity contribution in [2.75, 3.05) is 0 Å². The maximum absolute atomic E-state index is 12.1. The molecule has 1 aromatic heterocycles. The summed E-state index contributed by atoms with van der Waals surface area (Å²) in [5.41, 5.74) is 7.78. The fourth-order valence-corrected chi connectivity index (χ4v) is 2.53. The van der Waals surface area contributed by atoms with Gasteiger partial charge in [0, 0.05) is 25.0 Å². The molecule has 5 heteroatoms. The molecule has 1 aromatic carbocycles. The molecule has 0 spiro atoms. The number of rotatable bonds is 4. The SMILES string of the molecule is NC1C=CC(C(=O)NCc2ccccc2-n2cccn2)C1. The smallest absolute Gasteiger partial charge is 0.227 e. The fourth-order valence-electron chi connectivity index (χ4n) is 2.53. The zero-order valence-corrected chi connectivity index (χ0v) is 11.6. The number of carbonyl (C=O) groups is 1. The minimum atomic E-state index is -0.114. The van der Waals surface area contributed by atoms with E-state index in [1.165, 1.54) is 0 Å². The second-order valence-corrected chi connectivity index (χ2v) is 5.19. The molecule has 0 saturated heterocycles. The first-order chi connectivity index (χ1) is 10.2. The number of nitrogens with one attached hydrogen (secondary N) is 1. The van der Waals surface area contributed by atoms with E-state index in [4.69, 9.17) is 5.73 Å². The summed E-state index contributed by atoms with van der Waals surface area (Å²) in [5.74, 6) is -0.0914. The minimum Gasteiger partial charge on any atom is -0.351 e. The van der Waals surface area contributed by atoms with Gasteiger partial charge in [-0.25, -0.2) is 4.68 Å². The molecule has 1 aliphatic rings. The summed E-state index contributed by atoms with van der Waals surface area (Å²) in [5, 5.41) is 7.21. The molecular weight excluding hydrogens is 264 g/mol. The van der Waals surface area contributed by atoms with Gasteiger partial charge in [0.2, 0.25) is 5.91 Å². The highest BCUT2D eigenvalue weighted by Gasteiger charge is 2.22. The Morgan fingerprint density at radius 2 is 2.19 bits per heavy atom. The van der Waals surface area contributed by atoms with Crippen LogP contribution in [0.3, 0.4) is 0 Å². The second-order valence-electron chi connectivity index (χ2n) is 5.19. The number of carbonyl (C=O) groups excluding carboxylic acids is 1. The summed E-state index contributed by atoms with van der Waals surface area (Å²) in [6.45, 7) is 0.481. The van der Waals surface area contributed by atoms with Crippen LogP contribution in [-0.4, -0.2) is 21.7 Å². The third kappa shape index (κ3) is 3.03. The first-order valence-electron chi connectivity index (χ1n) is 7.03. The summed E-state index contributed by atoms with van der Waals surface area (Å²) in [7, 11) is 0. The molecule has 3 N–H and O–H groups in total. The molecule has 0 radical (unpaired) electrons. The van der Waals surface area contributed by atoms with Crippen LogP contribution in [-0.2, 0) is 11.3 Å². The monoisotopic (exact) mass is 282 g/mol. The van der Waals surface area contributed by atoms with Crippen molar-refractivity contribution in [3.05, 3.63) is 60.4 Å². The Kier molecular flexibility index (Phi) is 3.83. The van der Waals surface area contributed by atoms with Crippen LogP contribution in [0.4, 0.5) is 0 Å². The molecule has 3 rings (SSSR count). The van der Waals surface area contributed by atoms with E-state index in [0.717, 1.165) is 11.3 Å². The number of amides is 1. The molecular formula is C16H18N4O. The Balaban J connectivity index is 1.69. The van der Waals surface area contributed by atoms with Gasteiger partial charge >= 0.3 is 0 Å². The lowest BCUT2D eigenvalue weighted by Gasteiger charge is -2.13. The standard InChI is InChI=1S/C16H18N4O/c17-14-7-6-12(10-14)16(21)18-11-13-4-1-2-5-15(13)20-9-3-8-19-20/h1-9,12,14H,10-11,17H2,(H,18,21). The summed E-state index contributed by atoms with van der Waals surface area (Å²) in [6.07, 6.45) is 8.09. The van der Waals surface area contributed by atoms with E-state index in [2.05, 4.69) is 10.4 Å². The lowest BCUT2D eigenvalue weighted by Crippen LogP contribution is -2.30. The van der Waals surface area contributed by atoms with Crippen molar-refractivity contribution in [1.29, 1.82) is 0 Å². The lowest BCUT2D eigenvalue weighted by molar-refractivity contribution is -0.123. The molecule has 108 valence electrons. The van der Waals surface area contributed by atoms with Crippen molar-refractivity contribution in [2.24, 2.45) is 11.7 Å². The summed E-state index contributed by atoms with van der Waals surface area (Å²) in [4.78, 5) is 12.1. The van der Waals surface area contributed by atoms with Crippen LogP contribution in [0.25, 0.3) is 5.69 Å². The average molecular weight is 282 g/mol. The maximum Gasteiger partial charge on any atom is 0.227 e. The summed E-state index contributed by atoms with van der Waals surface area (Å²) in [6, 6.07) is 9.77. The number of nitrogens with two attached hydrogens (primary N) is 1. The number of hydrogen-bond donors (Lipinski definition) is 2. The van der Waals surface area contributed by atoms with Crippen LogP contribution < -0.4 is 11.1 Å². The molecule has 2 unspecified atom stereocenters. The molecule has 5 nitrogen and oxygen atoms in total. The summed E-state index contributed by atoms with van der Waals surface area (Å²) < 4.78 is 1.80. The highest BCUT2D eigenvalue weighted by molar-refractivity contribution is 5.81. The van der Waals surface area contributed by atoms with Gasteiger partial charge in [-0.15, -0.1) is 0 Å². The van der Waals surface area contributed by atoms with Crippen LogP contribution in [0.1, 0.15) is 12.0 Å². The molecule has 0 aliphatic heterocycles. The minimum absolute atomic E-state index is 0.00268. The predicted octanol–water partition coefficient (Wildman–Crippen LogP) is 1.39. The zero-order chi connectivity index (χ0) is 14.7. The molecule has 0 saturated carbocycles. The molecule has 1 amide bonds. The Morgan fingerprint density at radius 1 is 1.33 bits per heavy atom.